The second kappa shape index (κ2) is 6.14. The maximum atomic E-state index is 11.5. The van der Waals surface area contributed by atoms with Gasteiger partial charge in [0.1, 0.15) is 11.6 Å². The Labute approximate surface area is 127 Å². The number of rotatable bonds is 3. The van der Waals surface area contributed by atoms with Gasteiger partial charge in [0.05, 0.1) is 17.5 Å². The molecule has 1 aromatic heterocycles. The van der Waals surface area contributed by atoms with Gasteiger partial charge in [0.2, 0.25) is 5.88 Å². The minimum atomic E-state index is -0.614. The Morgan fingerprint density at radius 2 is 2.05 bits per heavy atom. The first-order chi connectivity index (χ1) is 10.4. The number of H-pyrrole nitrogens is 1. The molecule has 0 spiro atoms. The number of hydrogen-bond acceptors (Lipinski definition) is 5. The quantitative estimate of drug-likeness (QED) is 0.597. The monoisotopic (exact) mass is 296 g/mol. The Kier molecular flexibility index (Phi) is 4.28. The van der Waals surface area contributed by atoms with Gasteiger partial charge in [-0.3, -0.25) is 15.2 Å². The fraction of sp³-hybridized carbons (Fsp3) is 0.188. The highest BCUT2D eigenvalue weighted by molar-refractivity contribution is 5.85. The molecular weight excluding hydrogens is 280 g/mol. The van der Waals surface area contributed by atoms with Gasteiger partial charge in [0.25, 0.3) is 5.56 Å². The number of aromatic hydroxyl groups is 1. The Morgan fingerprint density at radius 3 is 2.68 bits per heavy atom. The van der Waals surface area contributed by atoms with E-state index in [9.17, 15) is 9.90 Å². The molecule has 22 heavy (non-hydrogen) atoms. The molecule has 0 saturated heterocycles. The number of aromatic nitrogens is 1. The molecule has 1 aromatic carbocycles. The van der Waals surface area contributed by atoms with Crippen LogP contribution in [0, 0.1) is 32.1 Å². The van der Waals surface area contributed by atoms with Gasteiger partial charge >= 0.3 is 0 Å². The zero-order chi connectivity index (χ0) is 16.3. The molecule has 0 radical (unpaired) electrons. The van der Waals surface area contributed by atoms with Crippen LogP contribution in [0.1, 0.15) is 27.8 Å². The third kappa shape index (κ3) is 2.99. The molecule has 3 N–H and O–H groups in total. The molecule has 0 unspecified atom stereocenters. The van der Waals surface area contributed by atoms with Gasteiger partial charge in [-0.2, -0.15) is 10.4 Å². The molecule has 0 bridgehead atoms. The Hall–Kier alpha value is -3.07. The molecule has 0 amide bonds. The number of nitrogens with one attached hydrogen (secondary N) is 2. The third-order valence-electron chi connectivity index (χ3n) is 3.50. The number of aromatic amines is 1. The molecule has 0 aliphatic carbocycles. The number of nitriles is 1. The molecule has 6 heteroatoms. The molecule has 1 heterocycles. The lowest BCUT2D eigenvalue weighted by atomic mass is 10.1. The lowest BCUT2D eigenvalue weighted by Gasteiger charge is -2.06. The standard InChI is InChI=1S/C16H16N4O2/c1-9-4-5-12(6-10(9)2)20-18-8-14-11(3)13(7-17)15(21)19-16(14)22/h4-6,8,20H,1-3H3,(H2,19,21,22)/b18-8+. The van der Waals surface area contributed by atoms with Crippen molar-refractivity contribution in [3.8, 4) is 11.9 Å². The summed E-state index contributed by atoms with van der Waals surface area (Å²) in [6.45, 7) is 5.61. The van der Waals surface area contributed by atoms with Crippen LogP contribution in [-0.4, -0.2) is 16.3 Å². The summed E-state index contributed by atoms with van der Waals surface area (Å²) in [6.07, 6.45) is 1.37. The molecule has 2 rings (SSSR count). The highest BCUT2D eigenvalue weighted by Crippen LogP contribution is 2.17. The van der Waals surface area contributed by atoms with Gasteiger partial charge in [-0.05, 0) is 49.6 Å². The summed E-state index contributed by atoms with van der Waals surface area (Å²) in [5, 5.41) is 22.8. The SMILES string of the molecule is Cc1ccc(N/N=C/c2c(O)[nH]c(=O)c(C#N)c2C)cc1C. The Morgan fingerprint density at radius 1 is 1.32 bits per heavy atom. The number of hydrogen-bond donors (Lipinski definition) is 3. The van der Waals surface area contributed by atoms with Crippen LogP contribution in [0.25, 0.3) is 0 Å². The van der Waals surface area contributed by atoms with Crippen molar-refractivity contribution >= 4 is 11.9 Å². The number of benzene rings is 1. The van der Waals surface area contributed by atoms with Crippen LogP contribution in [-0.2, 0) is 0 Å². The Balaban J connectivity index is 2.29. The van der Waals surface area contributed by atoms with E-state index >= 15 is 0 Å². The molecule has 0 fully saturated rings. The number of pyridine rings is 1. The second-order valence-corrected chi connectivity index (χ2v) is 5.00. The van der Waals surface area contributed by atoms with Gasteiger partial charge in [0.15, 0.2) is 0 Å². The van der Waals surface area contributed by atoms with Crippen LogP contribution in [0.2, 0.25) is 0 Å². The normalized spacial score (nSPS) is 10.6. The van der Waals surface area contributed by atoms with E-state index in [4.69, 9.17) is 5.26 Å². The predicted molar refractivity (Wildman–Crippen MR) is 85.3 cm³/mol. The van der Waals surface area contributed by atoms with Crippen molar-refractivity contribution in [3.63, 3.8) is 0 Å². The van der Waals surface area contributed by atoms with Gasteiger partial charge in [-0.25, -0.2) is 0 Å². The first kappa shape index (κ1) is 15.3. The van der Waals surface area contributed by atoms with E-state index in [1.54, 1.807) is 6.92 Å². The lowest BCUT2D eigenvalue weighted by Crippen LogP contribution is -2.14. The van der Waals surface area contributed by atoms with E-state index in [-0.39, 0.29) is 11.4 Å². The van der Waals surface area contributed by atoms with Crippen molar-refractivity contribution in [3.05, 3.63) is 56.4 Å². The summed E-state index contributed by atoms with van der Waals surface area (Å²) in [5.74, 6) is -0.313. The van der Waals surface area contributed by atoms with Crippen LogP contribution in [0.15, 0.2) is 28.1 Å². The van der Waals surface area contributed by atoms with Gasteiger partial charge < -0.3 is 5.11 Å². The minimum absolute atomic E-state index is 0.0366. The third-order valence-corrected chi connectivity index (χ3v) is 3.50. The summed E-state index contributed by atoms with van der Waals surface area (Å²) in [7, 11) is 0. The highest BCUT2D eigenvalue weighted by Gasteiger charge is 2.12. The number of nitrogens with zero attached hydrogens (tertiary/aromatic N) is 2. The lowest BCUT2D eigenvalue weighted by molar-refractivity contribution is 0.450. The van der Waals surface area contributed by atoms with Crippen molar-refractivity contribution in [1.82, 2.24) is 4.98 Å². The fourth-order valence-corrected chi connectivity index (χ4v) is 1.99. The van der Waals surface area contributed by atoms with Gasteiger partial charge in [0, 0.05) is 0 Å². The maximum Gasteiger partial charge on any atom is 0.268 e. The Bertz CT molecular complexity index is 844. The van der Waals surface area contributed by atoms with E-state index in [2.05, 4.69) is 15.5 Å². The average molecular weight is 296 g/mol. The smallest absolute Gasteiger partial charge is 0.268 e. The van der Waals surface area contributed by atoms with E-state index in [0.29, 0.717) is 11.1 Å². The summed E-state index contributed by atoms with van der Waals surface area (Å²) in [5.41, 5.74) is 6.01. The first-order valence-corrected chi connectivity index (χ1v) is 6.66. The second-order valence-electron chi connectivity index (χ2n) is 5.00. The van der Waals surface area contributed by atoms with Gasteiger partial charge in [-0.1, -0.05) is 6.07 Å². The zero-order valence-corrected chi connectivity index (χ0v) is 12.6. The van der Waals surface area contributed by atoms with Crippen molar-refractivity contribution in [1.29, 1.82) is 5.26 Å². The van der Waals surface area contributed by atoms with E-state index in [0.717, 1.165) is 11.3 Å². The first-order valence-electron chi connectivity index (χ1n) is 6.66. The molecule has 2 aromatic rings. The van der Waals surface area contributed by atoms with E-state index < -0.39 is 5.56 Å². The van der Waals surface area contributed by atoms with E-state index in [1.807, 2.05) is 38.1 Å². The average Bonchev–Trinajstić information content (AvgIpc) is 2.46. The van der Waals surface area contributed by atoms with Crippen LogP contribution in [0.5, 0.6) is 5.88 Å². The molecule has 0 aliphatic heterocycles. The molecule has 0 saturated carbocycles. The van der Waals surface area contributed by atoms with Crippen LogP contribution in [0.4, 0.5) is 5.69 Å². The summed E-state index contributed by atoms with van der Waals surface area (Å²) >= 11 is 0. The minimum Gasteiger partial charge on any atom is -0.494 e. The maximum absolute atomic E-state index is 11.5. The largest absolute Gasteiger partial charge is 0.494 e. The van der Waals surface area contributed by atoms with Gasteiger partial charge in [-0.15, -0.1) is 0 Å². The molecule has 0 atom stereocenters. The number of anilines is 1. The van der Waals surface area contributed by atoms with Crippen LogP contribution in [0.3, 0.4) is 0 Å². The van der Waals surface area contributed by atoms with Crippen molar-refractivity contribution in [2.24, 2.45) is 5.10 Å². The van der Waals surface area contributed by atoms with Crippen molar-refractivity contribution < 1.29 is 5.11 Å². The highest BCUT2D eigenvalue weighted by atomic mass is 16.3. The molecule has 6 nitrogen and oxygen atoms in total. The zero-order valence-electron chi connectivity index (χ0n) is 12.6. The number of hydrazone groups is 1. The molecule has 112 valence electrons. The summed E-state index contributed by atoms with van der Waals surface area (Å²) in [6, 6.07) is 7.63. The number of aryl methyl sites for hydroxylation is 2. The molecular formula is C16H16N4O2. The van der Waals surface area contributed by atoms with Crippen LogP contribution >= 0.6 is 0 Å². The summed E-state index contributed by atoms with van der Waals surface area (Å²) < 4.78 is 0. The topological polar surface area (TPSA) is 101 Å². The van der Waals surface area contributed by atoms with Crippen molar-refractivity contribution in [2.75, 3.05) is 5.43 Å². The predicted octanol–water partition coefficient (Wildman–Crippen LogP) is 2.32. The fourth-order valence-electron chi connectivity index (χ4n) is 1.99. The van der Waals surface area contributed by atoms with Crippen LogP contribution < -0.4 is 11.0 Å². The van der Waals surface area contributed by atoms with Crippen molar-refractivity contribution in [2.45, 2.75) is 20.8 Å². The van der Waals surface area contributed by atoms with E-state index in [1.165, 1.54) is 11.8 Å². The molecule has 0 aliphatic rings. The summed E-state index contributed by atoms with van der Waals surface area (Å²) in [4.78, 5) is 13.7.